The first-order valence-electron chi connectivity index (χ1n) is 5.06. The van der Waals surface area contributed by atoms with Gasteiger partial charge in [-0.3, -0.25) is 4.79 Å². The maximum atomic E-state index is 13.6. The maximum absolute atomic E-state index is 13.6. The lowest BCUT2D eigenvalue weighted by Crippen LogP contribution is -2.11. The van der Waals surface area contributed by atoms with E-state index in [-0.39, 0.29) is 10.4 Å². The topological polar surface area (TPSA) is 40.9 Å². The number of rotatable bonds is 3. The van der Waals surface area contributed by atoms with Crippen molar-refractivity contribution < 1.29 is 9.18 Å². The number of Topliss-reactive ketones (excluding diaryl/α,β-unsaturated/α-hetero) is 1. The van der Waals surface area contributed by atoms with Crippen LogP contribution in [0.2, 0.25) is 5.02 Å². The quantitative estimate of drug-likeness (QED) is 0.796. The summed E-state index contributed by atoms with van der Waals surface area (Å²) >= 11 is 7.00. The molecule has 90 valence electrons. The summed E-state index contributed by atoms with van der Waals surface area (Å²) in [6.07, 6.45) is 0. The zero-order chi connectivity index (χ0) is 13.1. The van der Waals surface area contributed by atoms with E-state index in [2.05, 4.69) is 0 Å². The van der Waals surface area contributed by atoms with E-state index >= 15 is 0 Å². The van der Waals surface area contributed by atoms with Gasteiger partial charge >= 0.3 is 0 Å². The van der Waals surface area contributed by atoms with Crippen LogP contribution in [0.1, 0.15) is 21.2 Å². The van der Waals surface area contributed by atoms with E-state index in [0.29, 0.717) is 5.02 Å². The van der Waals surface area contributed by atoms with Crippen LogP contribution in [-0.2, 0) is 0 Å². The summed E-state index contributed by atoms with van der Waals surface area (Å²) in [4.78, 5) is 12.4. The zero-order valence-corrected chi connectivity index (χ0v) is 10.6. The van der Waals surface area contributed by atoms with E-state index in [1.54, 1.807) is 17.5 Å². The summed E-state index contributed by atoms with van der Waals surface area (Å²) in [7, 11) is 0. The number of nitriles is 1. The molecule has 2 aromatic rings. The Kier molecular flexibility index (Phi) is 3.75. The number of nitrogens with zero attached hydrogens (tertiary/aromatic N) is 1. The second-order valence-corrected chi connectivity index (χ2v) is 4.87. The predicted octanol–water partition coefficient (Wildman–Crippen LogP) is 4.03. The Labute approximate surface area is 112 Å². The van der Waals surface area contributed by atoms with Crippen molar-refractivity contribution in [3.63, 3.8) is 0 Å². The van der Waals surface area contributed by atoms with Gasteiger partial charge in [-0.1, -0.05) is 29.8 Å². The standard InChI is InChI=1S/C13H7ClFNOS/c14-10-5-6-18-13(10)12(17)9(7-16)8-3-1-2-4-11(8)15/h1-6,9H. The molecule has 0 aliphatic carbocycles. The third kappa shape index (κ3) is 2.28. The Morgan fingerprint density at radius 3 is 2.67 bits per heavy atom. The van der Waals surface area contributed by atoms with Gasteiger partial charge in [0.15, 0.2) is 5.78 Å². The van der Waals surface area contributed by atoms with Crippen molar-refractivity contribution in [3.8, 4) is 6.07 Å². The van der Waals surface area contributed by atoms with Crippen molar-refractivity contribution >= 4 is 28.7 Å². The Morgan fingerprint density at radius 2 is 2.11 bits per heavy atom. The van der Waals surface area contributed by atoms with Gasteiger partial charge in [-0.2, -0.15) is 5.26 Å². The van der Waals surface area contributed by atoms with Gasteiger partial charge in [0.1, 0.15) is 11.7 Å². The number of hydrogen-bond donors (Lipinski definition) is 0. The van der Waals surface area contributed by atoms with Crippen LogP contribution < -0.4 is 0 Å². The second-order valence-electron chi connectivity index (χ2n) is 3.55. The molecule has 18 heavy (non-hydrogen) atoms. The van der Waals surface area contributed by atoms with E-state index in [1.807, 2.05) is 6.07 Å². The molecule has 1 unspecified atom stereocenters. The molecule has 0 aliphatic heterocycles. The van der Waals surface area contributed by atoms with Crippen molar-refractivity contribution in [2.75, 3.05) is 0 Å². The van der Waals surface area contributed by atoms with Crippen molar-refractivity contribution in [1.82, 2.24) is 0 Å². The number of benzene rings is 1. The molecule has 0 radical (unpaired) electrons. The monoisotopic (exact) mass is 279 g/mol. The highest BCUT2D eigenvalue weighted by Gasteiger charge is 2.26. The van der Waals surface area contributed by atoms with Gasteiger partial charge in [0.05, 0.1) is 16.0 Å². The fraction of sp³-hybridized carbons (Fsp3) is 0.0769. The van der Waals surface area contributed by atoms with Crippen LogP contribution in [-0.4, -0.2) is 5.78 Å². The van der Waals surface area contributed by atoms with E-state index in [9.17, 15) is 9.18 Å². The van der Waals surface area contributed by atoms with E-state index in [0.717, 1.165) is 11.3 Å². The van der Waals surface area contributed by atoms with Gasteiger partial charge in [0.25, 0.3) is 0 Å². The van der Waals surface area contributed by atoms with Crippen LogP contribution in [0.25, 0.3) is 0 Å². The number of thiophene rings is 1. The summed E-state index contributed by atoms with van der Waals surface area (Å²) in [6.45, 7) is 0. The number of carbonyl (C=O) groups is 1. The first kappa shape index (κ1) is 12.7. The van der Waals surface area contributed by atoms with Gasteiger partial charge in [-0.15, -0.1) is 11.3 Å². The van der Waals surface area contributed by atoms with E-state index in [1.165, 1.54) is 18.2 Å². The highest BCUT2D eigenvalue weighted by molar-refractivity contribution is 7.12. The largest absolute Gasteiger partial charge is 0.291 e. The number of ketones is 1. The van der Waals surface area contributed by atoms with Crippen molar-refractivity contribution in [2.45, 2.75) is 5.92 Å². The average Bonchev–Trinajstić information content (AvgIpc) is 2.78. The van der Waals surface area contributed by atoms with Gasteiger partial charge in [-0.25, -0.2) is 4.39 Å². The summed E-state index contributed by atoms with van der Waals surface area (Å²) in [5.74, 6) is -2.20. The minimum absolute atomic E-state index is 0.0782. The lowest BCUT2D eigenvalue weighted by atomic mass is 9.95. The minimum Gasteiger partial charge on any atom is -0.291 e. The third-order valence-electron chi connectivity index (χ3n) is 2.45. The molecular formula is C13H7ClFNOS. The van der Waals surface area contributed by atoms with Crippen LogP contribution in [0.4, 0.5) is 4.39 Å². The molecule has 1 atom stereocenters. The van der Waals surface area contributed by atoms with E-state index in [4.69, 9.17) is 16.9 Å². The summed E-state index contributed by atoms with van der Waals surface area (Å²) < 4.78 is 13.6. The molecule has 0 amide bonds. The molecular weight excluding hydrogens is 273 g/mol. The summed E-state index contributed by atoms with van der Waals surface area (Å²) in [6, 6.07) is 9.17. The van der Waals surface area contributed by atoms with Crippen molar-refractivity contribution in [1.29, 1.82) is 5.26 Å². The molecule has 2 nitrogen and oxygen atoms in total. The molecule has 5 heteroatoms. The first-order chi connectivity index (χ1) is 8.65. The first-order valence-corrected chi connectivity index (χ1v) is 6.32. The molecule has 0 saturated carbocycles. The Bertz CT molecular complexity index is 632. The molecule has 0 fully saturated rings. The van der Waals surface area contributed by atoms with Crippen molar-refractivity contribution in [3.05, 3.63) is 57.0 Å². The van der Waals surface area contributed by atoms with Gasteiger partial charge < -0.3 is 0 Å². The Morgan fingerprint density at radius 1 is 1.39 bits per heavy atom. The molecule has 0 spiro atoms. The fourth-order valence-electron chi connectivity index (χ4n) is 1.58. The van der Waals surface area contributed by atoms with Crippen LogP contribution in [0, 0.1) is 17.1 Å². The minimum atomic E-state index is -1.16. The SMILES string of the molecule is N#CC(C(=O)c1sccc1Cl)c1ccccc1F. The van der Waals surface area contributed by atoms with Crippen LogP contribution in [0.15, 0.2) is 35.7 Å². The van der Waals surface area contributed by atoms with Crippen LogP contribution in [0.3, 0.4) is 0 Å². The smallest absolute Gasteiger partial charge is 0.195 e. The van der Waals surface area contributed by atoms with E-state index < -0.39 is 17.5 Å². The highest BCUT2D eigenvalue weighted by Crippen LogP contribution is 2.29. The second kappa shape index (κ2) is 5.30. The molecule has 1 aromatic heterocycles. The molecule has 0 aliphatic rings. The highest BCUT2D eigenvalue weighted by atomic mass is 35.5. The predicted molar refractivity (Wildman–Crippen MR) is 68.4 cm³/mol. The molecule has 0 N–H and O–H groups in total. The normalized spacial score (nSPS) is 11.8. The van der Waals surface area contributed by atoms with Crippen LogP contribution >= 0.6 is 22.9 Å². The number of hydrogen-bond acceptors (Lipinski definition) is 3. The van der Waals surface area contributed by atoms with Gasteiger partial charge in [-0.05, 0) is 17.5 Å². The lowest BCUT2D eigenvalue weighted by molar-refractivity contribution is 0.0981. The Balaban J connectivity index is 2.43. The molecule has 0 bridgehead atoms. The van der Waals surface area contributed by atoms with Gasteiger partial charge in [0.2, 0.25) is 0 Å². The molecule has 1 aromatic carbocycles. The zero-order valence-electron chi connectivity index (χ0n) is 9.06. The fourth-order valence-corrected chi connectivity index (χ4v) is 2.70. The van der Waals surface area contributed by atoms with Gasteiger partial charge in [0, 0.05) is 5.56 Å². The molecule has 0 saturated heterocycles. The lowest BCUT2D eigenvalue weighted by Gasteiger charge is -2.08. The molecule has 1 heterocycles. The number of carbonyl (C=O) groups excluding carboxylic acids is 1. The maximum Gasteiger partial charge on any atom is 0.195 e. The molecule has 2 rings (SSSR count). The third-order valence-corrected chi connectivity index (χ3v) is 3.80. The number of halogens is 2. The Hall–Kier alpha value is -1.70. The van der Waals surface area contributed by atoms with Crippen LogP contribution in [0.5, 0.6) is 0 Å². The summed E-state index contributed by atoms with van der Waals surface area (Å²) in [5, 5.41) is 11.0. The average molecular weight is 280 g/mol. The summed E-state index contributed by atoms with van der Waals surface area (Å²) in [5.41, 5.74) is 0.0782. The van der Waals surface area contributed by atoms with Crippen molar-refractivity contribution in [2.24, 2.45) is 0 Å².